The van der Waals surface area contributed by atoms with Crippen molar-refractivity contribution < 1.29 is 0 Å². The second kappa shape index (κ2) is 5.30. The summed E-state index contributed by atoms with van der Waals surface area (Å²) in [5, 5.41) is 3.51. The Bertz CT molecular complexity index is 1480. The number of imidazole rings is 1. The average molecular weight is 343 g/mol. The van der Waals surface area contributed by atoms with Crippen LogP contribution in [-0.2, 0) is 0 Å². The molecule has 3 heterocycles. The van der Waals surface area contributed by atoms with Gasteiger partial charge in [-0.15, -0.1) is 0 Å². The van der Waals surface area contributed by atoms with Crippen molar-refractivity contribution in [2.45, 2.75) is 0 Å². The van der Waals surface area contributed by atoms with Crippen molar-refractivity contribution in [2.75, 3.05) is 0 Å². The monoisotopic (exact) mass is 343 g/mol. The van der Waals surface area contributed by atoms with E-state index in [0.717, 1.165) is 39.2 Å². The first-order valence-corrected chi connectivity index (χ1v) is 8.86. The predicted molar refractivity (Wildman–Crippen MR) is 109 cm³/mol. The molecule has 0 atom stereocenters. The highest BCUT2D eigenvalue weighted by Gasteiger charge is 2.16. The van der Waals surface area contributed by atoms with Crippen LogP contribution in [0.4, 0.5) is 0 Å². The third-order valence-electron chi connectivity index (χ3n) is 5.10. The zero-order chi connectivity index (χ0) is 17.8. The van der Waals surface area contributed by atoms with E-state index in [1.54, 1.807) is 0 Å². The highest BCUT2D eigenvalue weighted by atomic mass is 15.0. The number of hydrogen-bond donors (Lipinski definition) is 0. The van der Waals surface area contributed by atoms with E-state index in [1.165, 1.54) is 10.8 Å². The lowest BCUT2D eigenvalue weighted by Crippen LogP contribution is -1.94. The van der Waals surface area contributed by atoms with E-state index in [0.29, 0.717) is 0 Å². The number of fused-ring (bicyclic) bond motifs is 8. The molecule has 1 aliphatic carbocycles. The summed E-state index contributed by atoms with van der Waals surface area (Å²) in [5.74, 6) is 0. The van der Waals surface area contributed by atoms with E-state index in [9.17, 15) is 0 Å². The van der Waals surface area contributed by atoms with Gasteiger partial charge in [0.15, 0.2) is 0 Å². The van der Waals surface area contributed by atoms with Gasteiger partial charge in [0, 0.05) is 34.7 Å². The van der Waals surface area contributed by atoms with Gasteiger partial charge < -0.3 is 0 Å². The molecule has 0 amide bonds. The summed E-state index contributed by atoms with van der Waals surface area (Å²) in [6, 6.07) is 21.0. The molecule has 0 radical (unpaired) electrons. The van der Waals surface area contributed by atoms with Crippen LogP contribution in [0, 0.1) is 0 Å². The summed E-state index contributed by atoms with van der Waals surface area (Å²) in [6.07, 6.45) is 5.68. The van der Waals surface area contributed by atoms with E-state index < -0.39 is 0 Å². The highest BCUT2D eigenvalue weighted by molar-refractivity contribution is 6.13. The topological polar surface area (TPSA) is 30.2 Å². The van der Waals surface area contributed by atoms with Gasteiger partial charge in [-0.05, 0) is 35.7 Å². The van der Waals surface area contributed by atoms with Crippen molar-refractivity contribution in [1.29, 1.82) is 0 Å². The molecular weight excluding hydrogens is 330 g/mol. The molecule has 0 unspecified atom stereocenters. The van der Waals surface area contributed by atoms with Crippen molar-refractivity contribution in [3.8, 4) is 11.3 Å². The molecule has 3 nitrogen and oxygen atoms in total. The molecular formula is C24H13N3. The van der Waals surface area contributed by atoms with Crippen LogP contribution >= 0.6 is 0 Å². The Kier molecular flexibility index (Phi) is 2.80. The average Bonchev–Trinajstić information content (AvgIpc) is 3.14. The highest BCUT2D eigenvalue weighted by Crippen LogP contribution is 2.34. The SMILES string of the molecule is C1=C=Cc2c(nc3c4ccc(-c5ccccn5)cc4c4ccccc4n23)C=1. The van der Waals surface area contributed by atoms with Crippen molar-refractivity contribution in [2.24, 2.45) is 0 Å². The number of nitrogens with zero attached hydrogens (tertiary/aromatic N) is 3. The maximum atomic E-state index is 4.89. The fourth-order valence-corrected chi connectivity index (χ4v) is 3.89. The van der Waals surface area contributed by atoms with Crippen molar-refractivity contribution in [1.82, 2.24) is 14.4 Å². The van der Waals surface area contributed by atoms with Crippen LogP contribution in [0.5, 0.6) is 0 Å². The first-order valence-electron chi connectivity index (χ1n) is 8.86. The predicted octanol–water partition coefficient (Wildman–Crippen LogP) is 5.50. The van der Waals surface area contributed by atoms with Gasteiger partial charge in [-0.2, -0.15) is 0 Å². The van der Waals surface area contributed by atoms with Crippen molar-refractivity contribution >= 4 is 39.5 Å². The van der Waals surface area contributed by atoms with Gasteiger partial charge in [0.05, 0.1) is 22.6 Å². The third kappa shape index (κ3) is 1.98. The molecule has 0 bridgehead atoms. The Balaban J connectivity index is 1.80. The van der Waals surface area contributed by atoms with E-state index in [1.807, 2.05) is 36.5 Å². The largest absolute Gasteiger partial charge is 0.291 e. The van der Waals surface area contributed by atoms with E-state index in [2.05, 4.69) is 63.3 Å². The molecule has 0 aliphatic heterocycles. The minimum Gasteiger partial charge on any atom is -0.291 e. The molecule has 0 saturated heterocycles. The summed E-state index contributed by atoms with van der Waals surface area (Å²) in [5.41, 5.74) is 12.2. The lowest BCUT2D eigenvalue weighted by molar-refractivity contribution is 1.25. The van der Waals surface area contributed by atoms with Gasteiger partial charge in [0.25, 0.3) is 0 Å². The fourth-order valence-electron chi connectivity index (χ4n) is 3.89. The minimum atomic E-state index is 0.931. The molecule has 5 aromatic rings. The summed E-state index contributed by atoms with van der Waals surface area (Å²) in [4.78, 5) is 9.40. The molecule has 27 heavy (non-hydrogen) atoms. The second-order valence-corrected chi connectivity index (χ2v) is 6.61. The number of benzene rings is 2. The molecule has 1 aliphatic rings. The molecule has 3 aromatic heterocycles. The smallest absolute Gasteiger partial charge is 0.146 e. The minimum absolute atomic E-state index is 0.931. The first kappa shape index (κ1) is 14.3. The number of hydrogen-bond acceptors (Lipinski definition) is 2. The Morgan fingerprint density at radius 3 is 2.59 bits per heavy atom. The summed E-state index contributed by atoms with van der Waals surface area (Å²) >= 11 is 0. The van der Waals surface area contributed by atoms with Crippen LogP contribution in [-0.4, -0.2) is 14.4 Å². The van der Waals surface area contributed by atoms with Crippen molar-refractivity contribution in [3.05, 3.63) is 89.7 Å². The number of aromatic nitrogens is 3. The van der Waals surface area contributed by atoms with E-state index in [4.69, 9.17) is 4.98 Å². The van der Waals surface area contributed by atoms with Crippen LogP contribution in [0.1, 0.15) is 11.4 Å². The summed E-state index contributed by atoms with van der Waals surface area (Å²) in [7, 11) is 0. The van der Waals surface area contributed by atoms with Gasteiger partial charge in [-0.25, -0.2) is 4.98 Å². The lowest BCUT2D eigenvalue weighted by atomic mass is 10.0. The van der Waals surface area contributed by atoms with Crippen LogP contribution < -0.4 is 0 Å². The van der Waals surface area contributed by atoms with Gasteiger partial charge in [-0.3, -0.25) is 9.38 Å². The van der Waals surface area contributed by atoms with E-state index >= 15 is 0 Å². The Hall–Kier alpha value is -3.90. The molecule has 2 aromatic carbocycles. The van der Waals surface area contributed by atoms with Gasteiger partial charge in [0.1, 0.15) is 5.65 Å². The molecule has 124 valence electrons. The molecule has 6 rings (SSSR count). The maximum Gasteiger partial charge on any atom is 0.146 e. The molecule has 0 saturated carbocycles. The molecule has 0 spiro atoms. The first-order chi connectivity index (χ1) is 13.4. The number of pyridine rings is 2. The molecule has 3 heteroatoms. The lowest BCUT2D eigenvalue weighted by Gasteiger charge is -2.11. The molecule has 0 N–H and O–H groups in total. The van der Waals surface area contributed by atoms with Gasteiger partial charge in [0.2, 0.25) is 0 Å². The number of para-hydroxylation sites is 1. The summed E-state index contributed by atoms with van der Waals surface area (Å²) < 4.78 is 2.22. The van der Waals surface area contributed by atoms with Crippen LogP contribution in [0.2, 0.25) is 0 Å². The molecule has 0 fully saturated rings. The van der Waals surface area contributed by atoms with Gasteiger partial charge in [-0.1, -0.05) is 41.8 Å². The van der Waals surface area contributed by atoms with Gasteiger partial charge >= 0.3 is 0 Å². The van der Waals surface area contributed by atoms with Crippen LogP contribution in [0.3, 0.4) is 0 Å². The number of rotatable bonds is 1. The Morgan fingerprint density at radius 2 is 1.67 bits per heavy atom. The maximum absolute atomic E-state index is 4.89. The fraction of sp³-hybridized carbons (Fsp3) is 0. The van der Waals surface area contributed by atoms with Crippen LogP contribution in [0.25, 0.3) is 50.7 Å². The standard InChI is InChI=1S/C24H13N3/c1-3-10-22-17(7-1)19-15-16(20-8-5-6-14-25-20)12-13-18(19)24-26-21-9-2-4-11-23(21)27(22)24/h1,3,5-15H. The van der Waals surface area contributed by atoms with Crippen LogP contribution in [0.15, 0.2) is 78.3 Å². The summed E-state index contributed by atoms with van der Waals surface area (Å²) in [6.45, 7) is 0. The third-order valence-corrected chi connectivity index (χ3v) is 5.10. The van der Waals surface area contributed by atoms with E-state index in [-0.39, 0.29) is 0 Å². The van der Waals surface area contributed by atoms with Crippen molar-refractivity contribution in [3.63, 3.8) is 0 Å². The second-order valence-electron chi connectivity index (χ2n) is 6.61. The Morgan fingerprint density at radius 1 is 0.778 bits per heavy atom. The quantitative estimate of drug-likeness (QED) is 0.292. The zero-order valence-corrected chi connectivity index (χ0v) is 14.3. The zero-order valence-electron chi connectivity index (χ0n) is 14.3. The normalized spacial score (nSPS) is 12.3. The Labute approximate surface area is 155 Å².